The maximum Gasteiger partial charge on any atom is 0.253 e. The second-order valence-corrected chi connectivity index (χ2v) is 5.27. The number of hydrogen-bond acceptors (Lipinski definition) is 2. The van der Waals surface area contributed by atoms with E-state index in [1.54, 1.807) is 4.57 Å². The van der Waals surface area contributed by atoms with E-state index in [4.69, 9.17) is 11.6 Å². The highest BCUT2D eigenvalue weighted by Crippen LogP contribution is 2.20. The predicted molar refractivity (Wildman–Crippen MR) is 82.2 cm³/mol. The molecule has 0 bridgehead atoms. The number of amides is 1. The van der Waals surface area contributed by atoms with Crippen molar-refractivity contribution in [3.63, 3.8) is 0 Å². The Morgan fingerprint density at radius 2 is 1.95 bits per heavy atom. The fourth-order valence-corrected chi connectivity index (χ4v) is 2.51. The molecule has 0 N–H and O–H groups in total. The zero-order valence-corrected chi connectivity index (χ0v) is 12.9. The van der Waals surface area contributed by atoms with E-state index in [2.05, 4.69) is 18.8 Å². The average Bonchev–Trinajstić information content (AvgIpc) is 2.73. The van der Waals surface area contributed by atoms with Crippen molar-refractivity contribution >= 4 is 28.5 Å². The third kappa shape index (κ3) is 2.80. The first-order valence-corrected chi connectivity index (χ1v) is 7.37. The van der Waals surface area contributed by atoms with Crippen molar-refractivity contribution in [2.24, 2.45) is 7.05 Å². The molecule has 1 aromatic heterocycles. The lowest BCUT2D eigenvalue weighted by atomic mass is 10.1. The quantitative estimate of drug-likeness (QED) is 0.846. The van der Waals surface area contributed by atoms with Crippen LogP contribution in [0.4, 0.5) is 0 Å². The van der Waals surface area contributed by atoms with Crippen LogP contribution in [0.15, 0.2) is 18.2 Å². The van der Waals surface area contributed by atoms with Crippen molar-refractivity contribution in [1.82, 2.24) is 14.5 Å². The minimum absolute atomic E-state index is 0.0768. The van der Waals surface area contributed by atoms with E-state index in [1.165, 1.54) is 0 Å². The fraction of sp³-hybridized carbons (Fsp3) is 0.467. The zero-order valence-electron chi connectivity index (χ0n) is 12.2. The van der Waals surface area contributed by atoms with Gasteiger partial charge >= 0.3 is 0 Å². The highest BCUT2D eigenvalue weighted by atomic mass is 35.5. The Labute approximate surface area is 124 Å². The van der Waals surface area contributed by atoms with Gasteiger partial charge < -0.3 is 9.47 Å². The molecule has 1 aromatic carbocycles. The molecule has 0 fully saturated rings. The van der Waals surface area contributed by atoms with Crippen LogP contribution in [0.3, 0.4) is 0 Å². The van der Waals surface area contributed by atoms with E-state index in [9.17, 15) is 4.79 Å². The molecule has 108 valence electrons. The smallest absolute Gasteiger partial charge is 0.253 e. The molecule has 20 heavy (non-hydrogen) atoms. The van der Waals surface area contributed by atoms with Gasteiger partial charge in [-0.3, -0.25) is 4.79 Å². The van der Waals surface area contributed by atoms with Crippen molar-refractivity contribution < 1.29 is 4.79 Å². The largest absolute Gasteiger partial charge is 0.339 e. The van der Waals surface area contributed by atoms with Crippen LogP contribution in [0.2, 0.25) is 5.28 Å². The third-order valence-corrected chi connectivity index (χ3v) is 3.69. The number of aryl methyl sites for hydroxylation is 1. The minimum atomic E-state index is 0.0768. The first kappa shape index (κ1) is 14.9. The van der Waals surface area contributed by atoms with Crippen LogP contribution < -0.4 is 0 Å². The second-order valence-electron chi connectivity index (χ2n) is 4.94. The molecule has 2 rings (SSSR count). The average molecular weight is 294 g/mol. The number of carbonyl (C=O) groups is 1. The summed E-state index contributed by atoms with van der Waals surface area (Å²) in [6.45, 7) is 5.74. The SMILES string of the molecule is CCCN(CCC)C(=O)c1ccc2nc(Cl)n(C)c2c1. The van der Waals surface area contributed by atoms with Crippen LogP contribution in [0, 0.1) is 0 Å². The number of fused-ring (bicyclic) bond motifs is 1. The lowest BCUT2D eigenvalue weighted by Gasteiger charge is -2.21. The van der Waals surface area contributed by atoms with Crippen molar-refractivity contribution in [3.05, 3.63) is 29.0 Å². The summed E-state index contributed by atoms with van der Waals surface area (Å²) >= 11 is 6.00. The molecule has 0 aliphatic carbocycles. The Morgan fingerprint density at radius 3 is 2.55 bits per heavy atom. The van der Waals surface area contributed by atoms with Crippen molar-refractivity contribution in [1.29, 1.82) is 0 Å². The Bertz CT molecular complexity index is 615. The molecule has 0 atom stereocenters. The van der Waals surface area contributed by atoms with E-state index >= 15 is 0 Å². The first-order valence-electron chi connectivity index (χ1n) is 6.99. The normalized spacial score (nSPS) is 11.0. The fourth-order valence-electron chi connectivity index (χ4n) is 2.33. The van der Waals surface area contributed by atoms with Gasteiger partial charge in [-0.25, -0.2) is 4.98 Å². The molecule has 0 saturated carbocycles. The predicted octanol–water partition coefficient (Wildman–Crippen LogP) is 3.49. The number of carbonyl (C=O) groups excluding carboxylic acids is 1. The van der Waals surface area contributed by atoms with E-state index in [1.807, 2.05) is 30.1 Å². The van der Waals surface area contributed by atoms with Gasteiger partial charge in [0.15, 0.2) is 0 Å². The van der Waals surface area contributed by atoms with Gasteiger partial charge in [0.1, 0.15) is 0 Å². The van der Waals surface area contributed by atoms with E-state index < -0.39 is 0 Å². The third-order valence-electron chi connectivity index (χ3n) is 3.35. The Hall–Kier alpha value is -1.55. The summed E-state index contributed by atoms with van der Waals surface area (Å²) in [6, 6.07) is 5.55. The van der Waals surface area contributed by atoms with Crippen LogP contribution in [0.5, 0.6) is 0 Å². The molecular formula is C15H20ClN3O. The number of imidazole rings is 1. The van der Waals surface area contributed by atoms with Gasteiger partial charge in [0.05, 0.1) is 11.0 Å². The maximum atomic E-state index is 12.5. The summed E-state index contributed by atoms with van der Waals surface area (Å²) in [7, 11) is 1.85. The molecule has 4 nitrogen and oxygen atoms in total. The van der Waals surface area contributed by atoms with Crippen LogP contribution in [-0.2, 0) is 7.05 Å². The second kappa shape index (κ2) is 6.27. The van der Waals surface area contributed by atoms with E-state index in [-0.39, 0.29) is 5.91 Å². The molecule has 0 aliphatic rings. The minimum Gasteiger partial charge on any atom is -0.339 e. The molecule has 0 spiro atoms. The molecular weight excluding hydrogens is 274 g/mol. The monoisotopic (exact) mass is 293 g/mol. The molecule has 0 saturated heterocycles. The van der Waals surface area contributed by atoms with Crippen LogP contribution >= 0.6 is 11.6 Å². The standard InChI is InChI=1S/C15H20ClN3O/c1-4-8-19(9-5-2)14(20)11-6-7-12-13(10-11)18(3)15(16)17-12/h6-7,10H,4-5,8-9H2,1-3H3. The van der Waals surface area contributed by atoms with Gasteiger partial charge in [0, 0.05) is 25.7 Å². The summed E-state index contributed by atoms with van der Waals surface area (Å²) in [5, 5.41) is 0.434. The Morgan fingerprint density at radius 1 is 1.30 bits per heavy atom. The zero-order chi connectivity index (χ0) is 14.7. The van der Waals surface area contributed by atoms with Gasteiger partial charge in [0.25, 0.3) is 5.91 Å². The van der Waals surface area contributed by atoms with Gasteiger partial charge in [0.2, 0.25) is 5.28 Å². The molecule has 1 heterocycles. The number of hydrogen-bond donors (Lipinski definition) is 0. The van der Waals surface area contributed by atoms with E-state index in [0.29, 0.717) is 10.8 Å². The maximum absolute atomic E-state index is 12.5. The molecule has 1 amide bonds. The number of benzene rings is 1. The Kier molecular flexibility index (Phi) is 4.65. The summed E-state index contributed by atoms with van der Waals surface area (Å²) < 4.78 is 1.79. The van der Waals surface area contributed by atoms with Gasteiger partial charge in [-0.2, -0.15) is 0 Å². The van der Waals surface area contributed by atoms with Gasteiger partial charge in [-0.05, 0) is 42.6 Å². The van der Waals surface area contributed by atoms with Gasteiger partial charge in [-0.1, -0.05) is 13.8 Å². The summed E-state index contributed by atoms with van der Waals surface area (Å²) in [5.74, 6) is 0.0768. The number of halogens is 1. The molecule has 0 radical (unpaired) electrons. The highest BCUT2D eigenvalue weighted by Gasteiger charge is 2.16. The molecule has 0 aliphatic heterocycles. The molecule has 5 heteroatoms. The Balaban J connectivity index is 2.36. The van der Waals surface area contributed by atoms with Crippen molar-refractivity contribution in [2.75, 3.05) is 13.1 Å². The van der Waals surface area contributed by atoms with Crippen molar-refractivity contribution in [3.8, 4) is 0 Å². The van der Waals surface area contributed by atoms with Gasteiger partial charge in [-0.15, -0.1) is 0 Å². The van der Waals surface area contributed by atoms with Crippen LogP contribution in [-0.4, -0.2) is 33.4 Å². The van der Waals surface area contributed by atoms with Crippen LogP contribution in [0.1, 0.15) is 37.0 Å². The number of rotatable bonds is 5. The first-order chi connectivity index (χ1) is 9.58. The highest BCUT2D eigenvalue weighted by molar-refractivity contribution is 6.29. The molecule has 2 aromatic rings. The lowest BCUT2D eigenvalue weighted by Crippen LogP contribution is -2.32. The van der Waals surface area contributed by atoms with E-state index in [0.717, 1.165) is 37.0 Å². The number of nitrogens with zero attached hydrogens (tertiary/aromatic N) is 3. The lowest BCUT2D eigenvalue weighted by molar-refractivity contribution is 0.0755. The number of aromatic nitrogens is 2. The molecule has 0 unspecified atom stereocenters. The summed E-state index contributed by atoms with van der Waals surface area (Å²) in [5.41, 5.74) is 2.39. The van der Waals surface area contributed by atoms with Crippen LogP contribution in [0.25, 0.3) is 11.0 Å². The van der Waals surface area contributed by atoms with Crippen molar-refractivity contribution in [2.45, 2.75) is 26.7 Å². The summed E-state index contributed by atoms with van der Waals surface area (Å²) in [6.07, 6.45) is 1.93. The summed E-state index contributed by atoms with van der Waals surface area (Å²) in [4.78, 5) is 18.7. The topological polar surface area (TPSA) is 38.1 Å².